The van der Waals surface area contributed by atoms with Crippen LogP contribution in [0.3, 0.4) is 0 Å². The predicted molar refractivity (Wildman–Crippen MR) is 141 cm³/mol. The van der Waals surface area contributed by atoms with E-state index >= 15 is 0 Å². The molecule has 0 N–H and O–H groups in total. The zero-order valence-corrected chi connectivity index (χ0v) is 20.7. The predicted octanol–water partition coefficient (Wildman–Crippen LogP) is 6.30. The summed E-state index contributed by atoms with van der Waals surface area (Å²) in [6, 6.07) is 20.7. The molecule has 1 aliphatic heterocycles. The van der Waals surface area contributed by atoms with Gasteiger partial charge in [-0.3, -0.25) is 9.36 Å². The lowest BCUT2D eigenvalue weighted by atomic mass is 9.96. The molecular formula is C30H32FN3O. The Morgan fingerprint density at radius 1 is 1.03 bits per heavy atom. The Balaban J connectivity index is 1.66. The highest BCUT2D eigenvalue weighted by Crippen LogP contribution is 2.28. The summed E-state index contributed by atoms with van der Waals surface area (Å²) in [7, 11) is 0. The number of halogens is 1. The van der Waals surface area contributed by atoms with Gasteiger partial charge in [-0.05, 0) is 75.4 Å². The van der Waals surface area contributed by atoms with Crippen LogP contribution in [0, 0.1) is 18.7 Å². The maximum atomic E-state index is 14.5. The number of benzene rings is 3. The van der Waals surface area contributed by atoms with Gasteiger partial charge in [0.2, 0.25) is 0 Å². The molecule has 0 amide bonds. The number of aryl methyl sites for hydroxylation is 1. The van der Waals surface area contributed by atoms with Crippen LogP contribution < -0.4 is 5.56 Å². The highest BCUT2D eigenvalue weighted by molar-refractivity contribution is 5.85. The number of hydrogen-bond acceptors (Lipinski definition) is 3. The van der Waals surface area contributed by atoms with Crippen molar-refractivity contribution in [2.24, 2.45) is 5.92 Å². The Hall–Kier alpha value is -3.31. The van der Waals surface area contributed by atoms with E-state index in [0.717, 1.165) is 37.1 Å². The summed E-state index contributed by atoms with van der Waals surface area (Å²) < 4.78 is 16.4. The summed E-state index contributed by atoms with van der Waals surface area (Å²) in [5.74, 6) is 0.786. The fourth-order valence-corrected chi connectivity index (χ4v) is 5.26. The normalized spacial score (nSPS) is 16.8. The molecule has 5 heteroatoms. The van der Waals surface area contributed by atoms with Gasteiger partial charge >= 0.3 is 0 Å². The highest BCUT2D eigenvalue weighted by atomic mass is 19.1. The smallest absolute Gasteiger partial charge is 0.261 e. The zero-order chi connectivity index (χ0) is 24.5. The Kier molecular flexibility index (Phi) is 6.52. The van der Waals surface area contributed by atoms with Gasteiger partial charge in [0.1, 0.15) is 11.6 Å². The van der Waals surface area contributed by atoms with Crippen LogP contribution >= 0.6 is 0 Å². The first-order chi connectivity index (χ1) is 16.9. The molecule has 4 aromatic rings. The molecule has 0 saturated carbocycles. The number of likely N-dealkylation sites (tertiary alicyclic amines) is 1. The van der Waals surface area contributed by atoms with Crippen molar-refractivity contribution in [1.29, 1.82) is 0 Å². The Morgan fingerprint density at radius 3 is 2.51 bits per heavy atom. The van der Waals surface area contributed by atoms with Gasteiger partial charge in [0.25, 0.3) is 5.56 Å². The molecule has 1 saturated heterocycles. The quantitative estimate of drug-likeness (QED) is 0.344. The molecule has 1 fully saturated rings. The van der Waals surface area contributed by atoms with Crippen molar-refractivity contribution < 1.29 is 4.39 Å². The average Bonchev–Trinajstić information content (AvgIpc) is 2.86. The van der Waals surface area contributed by atoms with Gasteiger partial charge in [0.05, 0.1) is 10.9 Å². The minimum absolute atomic E-state index is 0.0619. The van der Waals surface area contributed by atoms with Crippen molar-refractivity contribution in [1.82, 2.24) is 14.5 Å². The fourth-order valence-electron chi connectivity index (χ4n) is 5.26. The number of aromatic nitrogens is 2. The van der Waals surface area contributed by atoms with Gasteiger partial charge in [-0.1, -0.05) is 48.5 Å². The Labute approximate surface area is 206 Å². The second-order valence-electron chi connectivity index (χ2n) is 9.97. The number of piperidine rings is 1. The van der Waals surface area contributed by atoms with E-state index in [4.69, 9.17) is 4.98 Å². The minimum Gasteiger partial charge on any atom is -0.301 e. The van der Waals surface area contributed by atoms with Gasteiger partial charge in [0.15, 0.2) is 0 Å². The molecule has 35 heavy (non-hydrogen) atoms. The number of fused-ring (bicyclic) bond motifs is 1. The average molecular weight is 470 g/mol. The maximum absolute atomic E-state index is 14.5. The van der Waals surface area contributed by atoms with Crippen molar-refractivity contribution in [2.75, 3.05) is 13.1 Å². The van der Waals surface area contributed by atoms with Gasteiger partial charge in [0, 0.05) is 30.3 Å². The van der Waals surface area contributed by atoms with Crippen LogP contribution in [0.1, 0.15) is 32.3 Å². The molecule has 3 aromatic carbocycles. The van der Waals surface area contributed by atoms with Crippen LogP contribution in [0.25, 0.3) is 33.4 Å². The first kappa shape index (κ1) is 23.4. The zero-order valence-electron chi connectivity index (χ0n) is 20.7. The summed E-state index contributed by atoms with van der Waals surface area (Å²) in [4.78, 5) is 21.5. The van der Waals surface area contributed by atoms with Gasteiger partial charge < -0.3 is 4.90 Å². The minimum atomic E-state index is -0.298. The van der Waals surface area contributed by atoms with Crippen LogP contribution in [-0.4, -0.2) is 33.6 Å². The van der Waals surface area contributed by atoms with Crippen LogP contribution in [0.5, 0.6) is 0 Å². The van der Waals surface area contributed by atoms with Crippen molar-refractivity contribution in [3.05, 3.63) is 88.5 Å². The molecule has 2 heterocycles. The molecule has 1 unspecified atom stereocenters. The molecule has 180 valence electrons. The summed E-state index contributed by atoms with van der Waals surface area (Å²) in [5, 5.41) is 0.527. The van der Waals surface area contributed by atoms with Crippen molar-refractivity contribution in [2.45, 2.75) is 46.2 Å². The van der Waals surface area contributed by atoms with Crippen LogP contribution in [0.2, 0.25) is 0 Å². The lowest BCUT2D eigenvalue weighted by Crippen LogP contribution is -2.42. The molecule has 0 bridgehead atoms. The van der Waals surface area contributed by atoms with Gasteiger partial charge in [-0.2, -0.15) is 0 Å². The second-order valence-corrected chi connectivity index (χ2v) is 9.97. The number of hydrogen-bond donors (Lipinski definition) is 0. The summed E-state index contributed by atoms with van der Waals surface area (Å²) >= 11 is 0. The lowest BCUT2D eigenvalue weighted by Gasteiger charge is -2.36. The fraction of sp³-hybridized carbons (Fsp3) is 0.333. The summed E-state index contributed by atoms with van der Waals surface area (Å²) in [6.45, 7) is 9.22. The van der Waals surface area contributed by atoms with E-state index in [2.05, 4.69) is 31.7 Å². The molecule has 1 aromatic heterocycles. The standard InChI is InChI=1S/C30H32FN3O/c1-20(2)33-16-8-10-22(18-33)19-34-29(24-11-5-4-9-21(24)3)32-28-15-14-23(17-26(28)30(34)35)25-12-6-7-13-27(25)31/h4-7,9,11-15,17,20,22H,8,10,16,18-19H2,1-3H3. The molecule has 1 aliphatic rings. The monoisotopic (exact) mass is 469 g/mol. The first-order valence-corrected chi connectivity index (χ1v) is 12.5. The number of rotatable bonds is 5. The third-order valence-corrected chi connectivity index (χ3v) is 7.25. The second kappa shape index (κ2) is 9.74. The van der Waals surface area contributed by atoms with Crippen LogP contribution in [0.4, 0.5) is 4.39 Å². The molecule has 0 spiro atoms. The largest absolute Gasteiger partial charge is 0.301 e. The number of nitrogens with zero attached hydrogens (tertiary/aromatic N) is 3. The Morgan fingerprint density at radius 2 is 1.77 bits per heavy atom. The van der Waals surface area contributed by atoms with Gasteiger partial charge in [-0.15, -0.1) is 0 Å². The molecule has 0 radical (unpaired) electrons. The molecule has 4 nitrogen and oxygen atoms in total. The van der Waals surface area contributed by atoms with E-state index in [9.17, 15) is 9.18 Å². The van der Waals surface area contributed by atoms with E-state index in [1.807, 2.05) is 41.0 Å². The van der Waals surface area contributed by atoms with Crippen molar-refractivity contribution in [3.63, 3.8) is 0 Å². The summed E-state index contributed by atoms with van der Waals surface area (Å²) in [6.07, 6.45) is 2.23. The lowest BCUT2D eigenvalue weighted by molar-refractivity contribution is 0.130. The maximum Gasteiger partial charge on any atom is 0.261 e. The Bertz CT molecular complexity index is 1430. The van der Waals surface area contributed by atoms with Crippen molar-refractivity contribution >= 4 is 10.9 Å². The highest BCUT2D eigenvalue weighted by Gasteiger charge is 2.24. The van der Waals surface area contributed by atoms with Crippen molar-refractivity contribution in [3.8, 4) is 22.5 Å². The summed E-state index contributed by atoms with van der Waals surface area (Å²) in [5.41, 5.74) is 3.81. The molecule has 0 aliphatic carbocycles. The van der Waals surface area contributed by atoms with E-state index in [1.165, 1.54) is 6.07 Å². The third-order valence-electron chi connectivity index (χ3n) is 7.25. The topological polar surface area (TPSA) is 38.1 Å². The van der Waals surface area contributed by atoms with E-state index < -0.39 is 0 Å². The third kappa shape index (κ3) is 4.65. The van der Waals surface area contributed by atoms with Crippen LogP contribution in [0.15, 0.2) is 71.5 Å². The molecular weight excluding hydrogens is 437 g/mol. The molecule has 1 atom stereocenters. The molecule has 5 rings (SSSR count). The van der Waals surface area contributed by atoms with E-state index in [1.54, 1.807) is 18.2 Å². The first-order valence-electron chi connectivity index (χ1n) is 12.5. The van der Waals surface area contributed by atoms with Crippen LogP contribution in [-0.2, 0) is 6.54 Å². The van der Waals surface area contributed by atoms with E-state index in [0.29, 0.717) is 46.4 Å². The van der Waals surface area contributed by atoms with Gasteiger partial charge in [-0.25, -0.2) is 9.37 Å². The van der Waals surface area contributed by atoms with E-state index in [-0.39, 0.29) is 11.4 Å². The SMILES string of the molecule is Cc1ccccc1-c1nc2ccc(-c3ccccc3F)cc2c(=O)n1CC1CCCN(C(C)C)C1.